The minimum Gasteiger partial charge on any atom is -0.492 e. The van der Waals surface area contributed by atoms with Gasteiger partial charge in [0.2, 0.25) is 10.8 Å². The van der Waals surface area contributed by atoms with Crippen LogP contribution < -0.4 is 0 Å². The highest BCUT2D eigenvalue weighted by Gasteiger charge is 2.32. The Morgan fingerprint density at radius 2 is 2.12 bits per heavy atom. The molecule has 25 heavy (non-hydrogen) atoms. The zero-order valence-corrected chi connectivity index (χ0v) is 15.0. The van der Waals surface area contributed by atoms with Crippen molar-refractivity contribution in [3.8, 4) is 5.88 Å². The van der Waals surface area contributed by atoms with Crippen molar-refractivity contribution < 1.29 is 14.2 Å². The van der Waals surface area contributed by atoms with E-state index in [1.54, 1.807) is 19.1 Å². The van der Waals surface area contributed by atoms with Crippen LogP contribution in [0.25, 0.3) is 4.96 Å². The summed E-state index contributed by atoms with van der Waals surface area (Å²) in [6.07, 6.45) is 0. The van der Waals surface area contributed by atoms with E-state index in [1.807, 2.05) is 0 Å². The summed E-state index contributed by atoms with van der Waals surface area (Å²) in [5.74, 6) is 0.0802. The van der Waals surface area contributed by atoms with Crippen LogP contribution in [0.1, 0.15) is 22.3 Å². The first-order valence-electron chi connectivity index (χ1n) is 7.87. The summed E-state index contributed by atoms with van der Waals surface area (Å²) in [5.41, 5.74) is 0.422. The van der Waals surface area contributed by atoms with E-state index in [4.69, 9.17) is 16.3 Å². The molecule has 1 saturated heterocycles. The maximum atomic E-state index is 14.8. The summed E-state index contributed by atoms with van der Waals surface area (Å²) in [7, 11) is 0. The van der Waals surface area contributed by atoms with Crippen molar-refractivity contribution in [1.82, 2.24) is 19.5 Å². The van der Waals surface area contributed by atoms with Crippen LogP contribution in [0, 0.1) is 12.7 Å². The number of hydrogen-bond acceptors (Lipinski definition) is 6. The predicted molar refractivity (Wildman–Crippen MR) is 92.9 cm³/mol. The molecule has 0 radical (unpaired) electrons. The molecule has 1 fully saturated rings. The molecule has 6 nitrogen and oxygen atoms in total. The number of benzene rings is 1. The molecular formula is C16H16ClFN4O2S. The Morgan fingerprint density at radius 1 is 1.36 bits per heavy atom. The second-order valence-corrected chi connectivity index (χ2v) is 7.25. The van der Waals surface area contributed by atoms with E-state index in [0.717, 1.165) is 0 Å². The SMILES string of the molecule is Cc1nc2sc([C@@H](c3cccc(Cl)c3F)N3CCOCC3)c(O)n2n1. The molecule has 132 valence electrons. The zero-order chi connectivity index (χ0) is 17.6. The van der Waals surface area contributed by atoms with Crippen LogP contribution in [0.15, 0.2) is 18.2 Å². The Hall–Kier alpha value is -1.74. The molecule has 9 heteroatoms. The highest BCUT2D eigenvalue weighted by atomic mass is 35.5. The lowest BCUT2D eigenvalue weighted by Crippen LogP contribution is -2.39. The van der Waals surface area contributed by atoms with Crippen LogP contribution in [0.5, 0.6) is 5.88 Å². The molecule has 0 saturated carbocycles. The van der Waals surface area contributed by atoms with Gasteiger partial charge in [0.25, 0.3) is 0 Å². The van der Waals surface area contributed by atoms with Crippen molar-refractivity contribution in [3.05, 3.63) is 45.3 Å². The molecule has 1 aliphatic heterocycles. The average molecular weight is 383 g/mol. The fraction of sp³-hybridized carbons (Fsp3) is 0.375. The number of ether oxygens (including phenoxy) is 1. The fourth-order valence-electron chi connectivity index (χ4n) is 3.10. The first kappa shape index (κ1) is 16.7. The van der Waals surface area contributed by atoms with Gasteiger partial charge in [-0.25, -0.2) is 9.37 Å². The molecule has 1 atom stereocenters. The Kier molecular flexibility index (Phi) is 4.36. The number of aryl methyl sites for hydroxylation is 1. The Labute approximate surface area is 152 Å². The van der Waals surface area contributed by atoms with E-state index in [2.05, 4.69) is 15.0 Å². The molecule has 0 amide bonds. The standard InChI is InChI=1S/C16H16ClFN4O2S/c1-9-19-16-22(20-9)15(23)14(25-16)13(21-5-7-24-8-6-21)10-3-2-4-11(17)12(10)18/h2-4,13,23H,5-8H2,1H3/t13-/m1/s1. The third kappa shape index (κ3) is 2.89. The number of thiazole rings is 1. The van der Waals surface area contributed by atoms with Crippen molar-refractivity contribution in [3.63, 3.8) is 0 Å². The van der Waals surface area contributed by atoms with Crippen molar-refractivity contribution in [2.24, 2.45) is 0 Å². The van der Waals surface area contributed by atoms with Gasteiger partial charge in [-0.1, -0.05) is 35.1 Å². The van der Waals surface area contributed by atoms with Crippen LogP contribution in [0.2, 0.25) is 5.02 Å². The van der Waals surface area contributed by atoms with Gasteiger partial charge in [-0.2, -0.15) is 4.52 Å². The summed E-state index contributed by atoms with van der Waals surface area (Å²) in [4.78, 5) is 7.55. The number of nitrogens with zero attached hydrogens (tertiary/aromatic N) is 4. The highest BCUT2D eigenvalue weighted by Crippen LogP contribution is 2.41. The van der Waals surface area contributed by atoms with Gasteiger partial charge < -0.3 is 9.84 Å². The average Bonchev–Trinajstić information content (AvgIpc) is 3.11. The van der Waals surface area contributed by atoms with Gasteiger partial charge in [0.1, 0.15) is 11.6 Å². The number of fused-ring (bicyclic) bond motifs is 1. The second kappa shape index (κ2) is 6.53. The first-order valence-corrected chi connectivity index (χ1v) is 9.06. The molecule has 0 bridgehead atoms. The van der Waals surface area contributed by atoms with Gasteiger partial charge in [0.15, 0.2) is 0 Å². The van der Waals surface area contributed by atoms with E-state index in [0.29, 0.717) is 47.5 Å². The third-order valence-electron chi connectivity index (χ3n) is 4.24. The largest absolute Gasteiger partial charge is 0.492 e. The molecule has 1 aliphatic rings. The molecule has 0 aliphatic carbocycles. The van der Waals surface area contributed by atoms with Gasteiger partial charge >= 0.3 is 0 Å². The monoisotopic (exact) mass is 382 g/mol. The van der Waals surface area contributed by atoms with Crippen LogP contribution in [0.3, 0.4) is 0 Å². The highest BCUT2D eigenvalue weighted by molar-refractivity contribution is 7.17. The lowest BCUT2D eigenvalue weighted by atomic mass is 10.0. The normalized spacial score (nSPS) is 17.2. The molecular weight excluding hydrogens is 367 g/mol. The molecule has 3 aromatic rings. The molecule has 2 aromatic heterocycles. The summed E-state index contributed by atoms with van der Waals surface area (Å²) in [6.45, 7) is 4.12. The second-order valence-electron chi connectivity index (χ2n) is 5.84. The van der Waals surface area contributed by atoms with Crippen LogP contribution in [0.4, 0.5) is 4.39 Å². The number of halogens is 2. The van der Waals surface area contributed by atoms with Crippen LogP contribution >= 0.6 is 22.9 Å². The number of aromatic hydroxyl groups is 1. The lowest BCUT2D eigenvalue weighted by molar-refractivity contribution is 0.0235. The van der Waals surface area contributed by atoms with Crippen LogP contribution in [-0.4, -0.2) is 50.9 Å². The predicted octanol–water partition coefficient (Wildman–Crippen LogP) is 3.02. The van der Waals surface area contributed by atoms with Gasteiger partial charge in [0.05, 0.1) is 29.2 Å². The molecule has 4 rings (SSSR count). The molecule has 1 N–H and O–H groups in total. The van der Waals surface area contributed by atoms with Crippen molar-refractivity contribution in [2.75, 3.05) is 26.3 Å². The van der Waals surface area contributed by atoms with E-state index in [1.165, 1.54) is 21.9 Å². The van der Waals surface area contributed by atoms with E-state index in [9.17, 15) is 9.50 Å². The molecule has 3 heterocycles. The van der Waals surface area contributed by atoms with Crippen molar-refractivity contribution in [2.45, 2.75) is 13.0 Å². The van der Waals surface area contributed by atoms with E-state index >= 15 is 0 Å². The summed E-state index contributed by atoms with van der Waals surface area (Å²) < 4.78 is 21.6. The number of morpholine rings is 1. The number of hydrogen-bond donors (Lipinski definition) is 1. The topological polar surface area (TPSA) is 62.9 Å². The van der Waals surface area contributed by atoms with Gasteiger partial charge in [0, 0.05) is 18.7 Å². The zero-order valence-electron chi connectivity index (χ0n) is 13.4. The minimum atomic E-state index is -0.477. The quantitative estimate of drug-likeness (QED) is 0.754. The maximum absolute atomic E-state index is 14.8. The first-order chi connectivity index (χ1) is 12.1. The van der Waals surface area contributed by atoms with E-state index in [-0.39, 0.29) is 10.9 Å². The molecule has 0 unspecified atom stereocenters. The molecule has 1 aromatic carbocycles. The summed E-state index contributed by atoms with van der Waals surface area (Å²) >= 11 is 7.30. The van der Waals surface area contributed by atoms with Gasteiger partial charge in [-0.05, 0) is 13.0 Å². The van der Waals surface area contributed by atoms with E-state index < -0.39 is 11.9 Å². The van der Waals surface area contributed by atoms with Gasteiger partial charge in [-0.15, -0.1) is 5.10 Å². The molecule has 0 spiro atoms. The van der Waals surface area contributed by atoms with Gasteiger partial charge in [-0.3, -0.25) is 4.90 Å². The Bertz CT molecular complexity index is 922. The smallest absolute Gasteiger partial charge is 0.230 e. The maximum Gasteiger partial charge on any atom is 0.230 e. The number of aromatic nitrogens is 3. The Morgan fingerprint density at radius 3 is 2.84 bits per heavy atom. The van der Waals surface area contributed by atoms with Crippen molar-refractivity contribution in [1.29, 1.82) is 0 Å². The van der Waals surface area contributed by atoms with Crippen molar-refractivity contribution >= 4 is 27.9 Å². The Balaban J connectivity index is 1.88. The minimum absolute atomic E-state index is 0.0172. The fourth-order valence-corrected chi connectivity index (χ4v) is 4.43. The summed E-state index contributed by atoms with van der Waals surface area (Å²) in [5, 5.41) is 14.9. The lowest BCUT2D eigenvalue weighted by Gasteiger charge is -2.34. The number of rotatable bonds is 3. The summed E-state index contributed by atoms with van der Waals surface area (Å²) in [6, 6.07) is 4.45. The van der Waals surface area contributed by atoms with Crippen LogP contribution in [-0.2, 0) is 4.74 Å². The third-order valence-corrected chi connectivity index (χ3v) is 5.61.